The predicted octanol–water partition coefficient (Wildman–Crippen LogP) is 2.73. The fourth-order valence-corrected chi connectivity index (χ4v) is 2.36. The lowest BCUT2D eigenvalue weighted by Crippen LogP contribution is -2.46. The van der Waals surface area contributed by atoms with Crippen LogP contribution in [0.1, 0.15) is 50.9 Å². The van der Waals surface area contributed by atoms with E-state index in [1.54, 1.807) is 6.07 Å². The number of ether oxygens (including phenoxy) is 3. The Hall–Kier alpha value is -2.31. The van der Waals surface area contributed by atoms with Crippen molar-refractivity contribution in [2.45, 2.75) is 58.3 Å². The minimum Gasteiger partial charge on any atom is -0.496 e. The quantitative estimate of drug-likeness (QED) is 0.832. The van der Waals surface area contributed by atoms with Crippen LogP contribution in [-0.4, -0.2) is 41.7 Å². The molecule has 0 unspecified atom stereocenters. The Bertz CT molecular complexity index is 618. The first-order valence-corrected chi connectivity index (χ1v) is 7.89. The van der Waals surface area contributed by atoms with E-state index in [9.17, 15) is 9.59 Å². The van der Waals surface area contributed by atoms with Gasteiger partial charge in [-0.2, -0.15) is 0 Å². The molecule has 24 heavy (non-hydrogen) atoms. The molecular formula is C17H24N2O5. The number of alkyl carbamates (subject to hydrolysis) is 1. The van der Waals surface area contributed by atoms with Crippen LogP contribution >= 0.6 is 0 Å². The molecule has 1 saturated carbocycles. The van der Waals surface area contributed by atoms with E-state index >= 15 is 0 Å². The van der Waals surface area contributed by atoms with Crippen LogP contribution in [0.15, 0.2) is 12.3 Å². The second-order valence-electron chi connectivity index (χ2n) is 6.86. The summed E-state index contributed by atoms with van der Waals surface area (Å²) in [6.07, 6.45) is 1.89. The minimum atomic E-state index is -0.435. The molecule has 1 aromatic heterocycles. The van der Waals surface area contributed by atoms with E-state index < -0.39 is 6.09 Å². The van der Waals surface area contributed by atoms with E-state index in [4.69, 9.17) is 14.2 Å². The molecule has 1 aliphatic rings. The lowest BCUT2D eigenvalue weighted by Gasteiger charge is -2.35. The first-order valence-electron chi connectivity index (χ1n) is 7.89. The summed E-state index contributed by atoms with van der Waals surface area (Å²) < 4.78 is 16.3. The predicted molar refractivity (Wildman–Crippen MR) is 87.6 cm³/mol. The van der Waals surface area contributed by atoms with Crippen molar-refractivity contribution in [1.29, 1.82) is 0 Å². The molecule has 1 aliphatic carbocycles. The van der Waals surface area contributed by atoms with Crippen molar-refractivity contribution in [3.05, 3.63) is 17.8 Å². The fraction of sp³-hybridized carbons (Fsp3) is 0.588. The van der Waals surface area contributed by atoms with E-state index in [0.717, 1.165) is 0 Å². The van der Waals surface area contributed by atoms with Gasteiger partial charge in [0.15, 0.2) is 5.78 Å². The molecule has 0 spiro atoms. The van der Waals surface area contributed by atoms with E-state index in [-0.39, 0.29) is 29.4 Å². The van der Waals surface area contributed by atoms with Crippen LogP contribution in [0, 0.1) is 0 Å². The van der Waals surface area contributed by atoms with Crippen molar-refractivity contribution in [3.63, 3.8) is 0 Å². The highest BCUT2D eigenvalue weighted by molar-refractivity contribution is 5.99. The Labute approximate surface area is 141 Å². The maximum atomic E-state index is 11.8. The normalized spacial score (nSPS) is 19.9. The van der Waals surface area contributed by atoms with Crippen LogP contribution in [0.4, 0.5) is 4.79 Å². The van der Waals surface area contributed by atoms with Gasteiger partial charge in [0, 0.05) is 24.6 Å². The lowest BCUT2D eigenvalue weighted by molar-refractivity contribution is -0.0262. The smallest absolute Gasteiger partial charge is 0.407 e. The Kier molecular flexibility index (Phi) is 5.31. The number of nitrogens with zero attached hydrogens (tertiary/aromatic N) is 1. The molecule has 2 rings (SSSR count). The number of nitrogens with one attached hydrogen (secondary N) is 1. The van der Waals surface area contributed by atoms with Gasteiger partial charge in [0.2, 0.25) is 5.88 Å². The molecule has 1 N–H and O–H groups in total. The summed E-state index contributed by atoms with van der Waals surface area (Å²) in [5.74, 6) is 0.514. The Morgan fingerprint density at radius 1 is 1.25 bits per heavy atom. The van der Waals surface area contributed by atoms with E-state index in [1.807, 2.05) is 20.8 Å². The molecule has 0 bridgehead atoms. The van der Waals surface area contributed by atoms with Crippen LogP contribution < -0.4 is 14.8 Å². The highest BCUT2D eigenvalue weighted by Crippen LogP contribution is 2.32. The summed E-state index contributed by atoms with van der Waals surface area (Å²) in [5.41, 5.74) is -0.00712. The third kappa shape index (κ3) is 4.59. The molecule has 0 radical (unpaired) electrons. The van der Waals surface area contributed by atoms with E-state index in [2.05, 4.69) is 10.3 Å². The number of Topliss-reactive ketones (excluding diaryl/α,β-unsaturated/α-hetero) is 1. The van der Waals surface area contributed by atoms with Crippen LogP contribution in [0.3, 0.4) is 0 Å². The first kappa shape index (κ1) is 18.0. The third-order valence-electron chi connectivity index (χ3n) is 3.53. The van der Waals surface area contributed by atoms with Crippen LogP contribution in [-0.2, 0) is 4.74 Å². The zero-order chi connectivity index (χ0) is 17.9. The average molecular weight is 336 g/mol. The molecule has 132 valence electrons. The molecule has 0 aliphatic heterocycles. The highest BCUT2D eigenvalue weighted by atomic mass is 16.6. The maximum absolute atomic E-state index is 11.8. The molecule has 1 aromatic rings. The van der Waals surface area contributed by atoms with E-state index in [1.165, 1.54) is 20.2 Å². The topological polar surface area (TPSA) is 86.8 Å². The summed E-state index contributed by atoms with van der Waals surface area (Å²) in [7, 11) is 1.49. The number of carbonyl (C=O) groups excluding carboxylic acids is 2. The Morgan fingerprint density at radius 2 is 1.92 bits per heavy atom. The van der Waals surface area contributed by atoms with Gasteiger partial charge in [-0.1, -0.05) is 0 Å². The van der Waals surface area contributed by atoms with Crippen molar-refractivity contribution in [2.24, 2.45) is 0 Å². The van der Waals surface area contributed by atoms with Crippen molar-refractivity contribution in [2.75, 3.05) is 7.11 Å². The fourth-order valence-electron chi connectivity index (χ4n) is 2.36. The minimum absolute atomic E-state index is 0.143. The van der Waals surface area contributed by atoms with Crippen molar-refractivity contribution in [3.8, 4) is 11.6 Å². The number of amides is 1. The van der Waals surface area contributed by atoms with Crippen LogP contribution in [0.5, 0.6) is 11.6 Å². The van der Waals surface area contributed by atoms with Gasteiger partial charge in [-0.05, 0) is 33.8 Å². The summed E-state index contributed by atoms with van der Waals surface area (Å²) in [5, 5.41) is 2.75. The van der Waals surface area contributed by atoms with Gasteiger partial charge in [-0.15, -0.1) is 0 Å². The van der Waals surface area contributed by atoms with Gasteiger partial charge >= 0.3 is 6.09 Å². The molecule has 0 atom stereocenters. The summed E-state index contributed by atoms with van der Waals surface area (Å²) in [6.45, 7) is 7.10. The molecule has 0 aromatic carbocycles. The van der Waals surface area contributed by atoms with E-state index in [0.29, 0.717) is 24.2 Å². The van der Waals surface area contributed by atoms with Gasteiger partial charge in [-0.3, -0.25) is 4.79 Å². The summed E-state index contributed by atoms with van der Waals surface area (Å²) in [6, 6.07) is 1.62. The van der Waals surface area contributed by atoms with Gasteiger partial charge in [0.05, 0.1) is 7.11 Å². The number of pyridine rings is 1. The second-order valence-corrected chi connectivity index (χ2v) is 6.86. The van der Waals surface area contributed by atoms with Crippen molar-refractivity contribution >= 4 is 11.9 Å². The molecule has 1 amide bonds. The monoisotopic (exact) mass is 336 g/mol. The SMILES string of the molecule is COc1ccnc(OC2CC(OC(=O)NC(C)(C)C)C2)c1C(C)=O. The number of hydrogen-bond acceptors (Lipinski definition) is 6. The summed E-state index contributed by atoms with van der Waals surface area (Å²) >= 11 is 0. The van der Waals surface area contributed by atoms with Gasteiger partial charge in [0.25, 0.3) is 0 Å². The summed E-state index contributed by atoms with van der Waals surface area (Å²) in [4.78, 5) is 27.6. The molecule has 7 heteroatoms. The Balaban J connectivity index is 1.90. The number of aromatic nitrogens is 1. The second kappa shape index (κ2) is 7.07. The molecule has 1 heterocycles. The number of methoxy groups -OCH3 is 1. The average Bonchev–Trinajstić information content (AvgIpc) is 2.42. The molecular weight excluding hydrogens is 312 g/mol. The third-order valence-corrected chi connectivity index (χ3v) is 3.53. The molecule has 1 fully saturated rings. The van der Waals surface area contributed by atoms with Crippen molar-refractivity contribution < 1.29 is 23.8 Å². The van der Waals surface area contributed by atoms with Crippen LogP contribution in [0.25, 0.3) is 0 Å². The van der Waals surface area contributed by atoms with Crippen molar-refractivity contribution in [1.82, 2.24) is 10.3 Å². The van der Waals surface area contributed by atoms with Gasteiger partial charge in [0.1, 0.15) is 23.5 Å². The van der Waals surface area contributed by atoms with Gasteiger partial charge < -0.3 is 19.5 Å². The zero-order valence-corrected chi connectivity index (χ0v) is 14.7. The number of ketones is 1. The van der Waals surface area contributed by atoms with Gasteiger partial charge in [-0.25, -0.2) is 9.78 Å². The lowest BCUT2D eigenvalue weighted by atomic mass is 9.92. The zero-order valence-electron chi connectivity index (χ0n) is 14.7. The molecule has 0 saturated heterocycles. The number of carbonyl (C=O) groups is 2. The highest BCUT2D eigenvalue weighted by Gasteiger charge is 2.35. The number of rotatable bonds is 5. The maximum Gasteiger partial charge on any atom is 0.407 e. The van der Waals surface area contributed by atoms with Crippen LogP contribution in [0.2, 0.25) is 0 Å². The Morgan fingerprint density at radius 3 is 2.46 bits per heavy atom. The standard InChI is InChI=1S/C17H24N2O5/c1-10(20)14-13(22-5)6-7-18-15(14)23-11-8-12(9-11)24-16(21)19-17(2,3)4/h6-7,11-12H,8-9H2,1-5H3,(H,19,21). The first-order chi connectivity index (χ1) is 11.2. The largest absolute Gasteiger partial charge is 0.496 e. The molecule has 7 nitrogen and oxygen atoms in total. The number of hydrogen-bond donors (Lipinski definition) is 1.